The number of pyridine rings is 1. The van der Waals surface area contributed by atoms with Gasteiger partial charge in [-0.1, -0.05) is 59.6 Å². The molecule has 0 saturated carbocycles. The number of aryl methyl sites for hydroxylation is 1. The van der Waals surface area contributed by atoms with Crippen molar-refractivity contribution < 1.29 is 14.3 Å². The first-order valence-electron chi connectivity index (χ1n) is 9.60. The molecule has 0 N–H and O–H groups in total. The predicted molar refractivity (Wildman–Crippen MR) is 115 cm³/mol. The van der Waals surface area contributed by atoms with Gasteiger partial charge < -0.3 is 13.9 Å². The van der Waals surface area contributed by atoms with E-state index < -0.39 is 5.97 Å². The van der Waals surface area contributed by atoms with Crippen molar-refractivity contribution in [1.82, 2.24) is 9.38 Å². The molecule has 0 radical (unpaired) electrons. The summed E-state index contributed by atoms with van der Waals surface area (Å²) in [6.45, 7) is 2.93. The Balaban J connectivity index is 1.38. The zero-order valence-corrected chi connectivity index (χ0v) is 17.3. The Kier molecular flexibility index (Phi) is 6.12. The van der Waals surface area contributed by atoms with E-state index in [0.29, 0.717) is 29.5 Å². The molecule has 152 valence electrons. The first-order valence-corrected chi connectivity index (χ1v) is 9.98. The van der Waals surface area contributed by atoms with E-state index in [2.05, 4.69) is 17.1 Å². The Morgan fingerprint density at radius 3 is 2.60 bits per heavy atom. The fraction of sp³-hybridized carbons (Fsp3) is 0.167. The monoisotopic (exact) mass is 420 g/mol. The Hall–Kier alpha value is -3.15. The van der Waals surface area contributed by atoms with Gasteiger partial charge in [0.05, 0.1) is 29.5 Å². The predicted octanol–water partition coefficient (Wildman–Crippen LogP) is 5.37. The third-order valence-electron chi connectivity index (χ3n) is 4.70. The molecule has 0 spiro atoms. The molecular weight excluding hydrogens is 400 g/mol. The fourth-order valence-electron chi connectivity index (χ4n) is 3.11. The van der Waals surface area contributed by atoms with Gasteiger partial charge in [-0.3, -0.25) is 0 Å². The summed E-state index contributed by atoms with van der Waals surface area (Å²) in [5, 5.41) is 0.614. The molecule has 0 aliphatic carbocycles. The van der Waals surface area contributed by atoms with Crippen LogP contribution in [-0.2, 0) is 29.3 Å². The number of halogens is 1. The van der Waals surface area contributed by atoms with Crippen molar-refractivity contribution in [1.29, 1.82) is 0 Å². The quantitative estimate of drug-likeness (QED) is 0.377. The molecule has 6 heteroatoms. The molecule has 0 unspecified atom stereocenters. The summed E-state index contributed by atoms with van der Waals surface area (Å²) in [5.41, 5.74) is 4.98. The zero-order valence-electron chi connectivity index (χ0n) is 16.5. The third kappa shape index (κ3) is 4.87. The summed E-state index contributed by atoms with van der Waals surface area (Å²) in [6.07, 6.45) is 3.56. The summed E-state index contributed by atoms with van der Waals surface area (Å²) in [6, 6.07) is 19.1. The Morgan fingerprint density at radius 1 is 0.967 bits per heavy atom. The number of carbonyl (C=O) groups is 1. The Morgan fingerprint density at radius 2 is 1.77 bits per heavy atom. The number of nitrogens with zero attached hydrogens (tertiary/aromatic N) is 2. The van der Waals surface area contributed by atoms with Crippen LogP contribution in [0.5, 0.6) is 0 Å². The van der Waals surface area contributed by atoms with E-state index >= 15 is 0 Å². The Bertz CT molecular complexity index is 1170. The van der Waals surface area contributed by atoms with Gasteiger partial charge in [0.25, 0.3) is 0 Å². The molecule has 0 aliphatic heterocycles. The molecule has 2 aromatic heterocycles. The minimum atomic E-state index is -0.403. The van der Waals surface area contributed by atoms with E-state index in [1.54, 1.807) is 28.9 Å². The van der Waals surface area contributed by atoms with Gasteiger partial charge in [-0.15, -0.1) is 0 Å². The lowest BCUT2D eigenvalue weighted by molar-refractivity contribution is 0.0459. The van der Waals surface area contributed by atoms with Gasteiger partial charge in [0.15, 0.2) is 0 Å². The number of benzene rings is 2. The van der Waals surface area contributed by atoms with Crippen LogP contribution in [0.1, 0.15) is 32.7 Å². The second-order valence-corrected chi connectivity index (χ2v) is 7.49. The number of imidazole rings is 1. The smallest absolute Gasteiger partial charge is 0.338 e. The van der Waals surface area contributed by atoms with Crippen LogP contribution in [0.4, 0.5) is 0 Å². The van der Waals surface area contributed by atoms with Gasteiger partial charge in [0.2, 0.25) is 0 Å². The lowest BCUT2D eigenvalue weighted by Crippen LogP contribution is -2.09. The van der Waals surface area contributed by atoms with E-state index in [-0.39, 0.29) is 6.61 Å². The molecule has 0 atom stereocenters. The van der Waals surface area contributed by atoms with E-state index in [1.165, 1.54) is 5.56 Å². The summed E-state index contributed by atoms with van der Waals surface area (Å²) < 4.78 is 13.1. The van der Waals surface area contributed by atoms with Crippen LogP contribution in [0.15, 0.2) is 73.1 Å². The average molecular weight is 421 g/mol. The highest BCUT2D eigenvalue weighted by Gasteiger charge is 2.14. The van der Waals surface area contributed by atoms with Gasteiger partial charge in [-0.2, -0.15) is 0 Å². The molecule has 2 heterocycles. The fourth-order valence-corrected chi connectivity index (χ4v) is 3.28. The molecule has 30 heavy (non-hydrogen) atoms. The highest BCUT2D eigenvalue weighted by Crippen LogP contribution is 2.16. The third-order valence-corrected chi connectivity index (χ3v) is 4.92. The van der Waals surface area contributed by atoms with Crippen LogP contribution >= 0.6 is 11.6 Å². The van der Waals surface area contributed by atoms with Gasteiger partial charge >= 0.3 is 5.97 Å². The molecule has 4 rings (SSSR count). The van der Waals surface area contributed by atoms with Crippen molar-refractivity contribution in [3.63, 3.8) is 0 Å². The van der Waals surface area contributed by atoms with E-state index in [1.807, 2.05) is 43.3 Å². The van der Waals surface area contributed by atoms with Crippen LogP contribution in [0.3, 0.4) is 0 Å². The van der Waals surface area contributed by atoms with Crippen LogP contribution in [-0.4, -0.2) is 15.4 Å². The maximum Gasteiger partial charge on any atom is 0.338 e. The van der Waals surface area contributed by atoms with Crippen molar-refractivity contribution in [2.45, 2.75) is 26.7 Å². The van der Waals surface area contributed by atoms with E-state index in [4.69, 9.17) is 21.1 Å². The largest absolute Gasteiger partial charge is 0.456 e. The summed E-state index contributed by atoms with van der Waals surface area (Å²) in [4.78, 5) is 17.1. The highest BCUT2D eigenvalue weighted by molar-refractivity contribution is 6.30. The number of esters is 1. The van der Waals surface area contributed by atoms with Gasteiger partial charge in [-0.05, 0) is 36.2 Å². The topological polar surface area (TPSA) is 52.8 Å². The standard InChI is InChI=1S/C24H21ClN2O3/c1-17-6-8-18(9-7-17)14-29-15-19-4-2-3-5-22(19)24(28)30-16-21-13-27-12-20(25)10-11-23(27)26-21/h2-13H,14-16H2,1H3. The number of carbonyl (C=O) groups excluding carboxylic acids is 1. The first-order chi connectivity index (χ1) is 14.6. The second-order valence-electron chi connectivity index (χ2n) is 7.06. The molecule has 0 saturated heterocycles. The molecule has 2 aromatic carbocycles. The van der Waals surface area contributed by atoms with Crippen LogP contribution in [0, 0.1) is 6.92 Å². The number of fused-ring (bicyclic) bond motifs is 1. The average Bonchev–Trinajstić information content (AvgIpc) is 3.16. The summed E-state index contributed by atoms with van der Waals surface area (Å²) >= 11 is 5.99. The zero-order chi connectivity index (χ0) is 20.9. The van der Waals surface area contributed by atoms with Crippen molar-refractivity contribution >= 4 is 23.2 Å². The maximum absolute atomic E-state index is 12.6. The lowest BCUT2D eigenvalue weighted by atomic mass is 10.1. The van der Waals surface area contributed by atoms with Crippen LogP contribution in [0.2, 0.25) is 5.02 Å². The molecule has 5 nitrogen and oxygen atoms in total. The van der Waals surface area contributed by atoms with Crippen molar-refractivity contribution in [2.24, 2.45) is 0 Å². The first kappa shape index (κ1) is 20.1. The van der Waals surface area contributed by atoms with Gasteiger partial charge in [0, 0.05) is 12.4 Å². The van der Waals surface area contributed by atoms with Gasteiger partial charge in [0.1, 0.15) is 12.3 Å². The number of rotatable bonds is 7. The van der Waals surface area contributed by atoms with Crippen LogP contribution < -0.4 is 0 Å². The lowest BCUT2D eigenvalue weighted by Gasteiger charge is -2.10. The molecule has 0 aliphatic rings. The minimum Gasteiger partial charge on any atom is -0.456 e. The van der Waals surface area contributed by atoms with Gasteiger partial charge in [-0.25, -0.2) is 9.78 Å². The van der Waals surface area contributed by atoms with Crippen molar-refractivity contribution in [3.8, 4) is 0 Å². The molecule has 4 aromatic rings. The Labute approximate surface area is 179 Å². The summed E-state index contributed by atoms with van der Waals surface area (Å²) in [5.74, 6) is -0.403. The maximum atomic E-state index is 12.6. The highest BCUT2D eigenvalue weighted by atomic mass is 35.5. The summed E-state index contributed by atoms with van der Waals surface area (Å²) in [7, 11) is 0. The minimum absolute atomic E-state index is 0.0800. The molecule has 0 bridgehead atoms. The van der Waals surface area contributed by atoms with E-state index in [0.717, 1.165) is 16.8 Å². The van der Waals surface area contributed by atoms with Crippen LogP contribution in [0.25, 0.3) is 5.65 Å². The van der Waals surface area contributed by atoms with Crippen molar-refractivity contribution in [3.05, 3.63) is 106 Å². The second kappa shape index (κ2) is 9.11. The normalized spacial score (nSPS) is 11.0. The number of hydrogen-bond donors (Lipinski definition) is 0. The number of ether oxygens (including phenoxy) is 2. The molecular formula is C24H21ClN2O3. The number of hydrogen-bond acceptors (Lipinski definition) is 4. The number of aromatic nitrogens is 2. The van der Waals surface area contributed by atoms with E-state index in [9.17, 15) is 4.79 Å². The SMILES string of the molecule is Cc1ccc(COCc2ccccc2C(=O)OCc2cn3cc(Cl)ccc3n2)cc1. The molecule has 0 fully saturated rings. The van der Waals surface area contributed by atoms with Crippen molar-refractivity contribution in [2.75, 3.05) is 0 Å². The molecule has 0 amide bonds.